The number of amides is 1. The number of hydrogen-bond donors (Lipinski definition) is 2. The van der Waals surface area contributed by atoms with Crippen molar-refractivity contribution in [3.8, 4) is 0 Å². The third-order valence-corrected chi connectivity index (χ3v) is 3.32. The van der Waals surface area contributed by atoms with Crippen LogP contribution in [0, 0.1) is 0 Å². The molecule has 3 rings (SSSR count). The summed E-state index contributed by atoms with van der Waals surface area (Å²) in [5.41, 5.74) is 2.22. The van der Waals surface area contributed by atoms with Gasteiger partial charge in [-0.05, 0) is 12.1 Å². The zero-order valence-corrected chi connectivity index (χ0v) is 10.8. The summed E-state index contributed by atoms with van der Waals surface area (Å²) in [6.07, 6.45) is 0.143. The normalized spacial score (nSPS) is 16.8. The number of para-hydroxylation sites is 2. The quantitative estimate of drug-likeness (QED) is 0.840. The van der Waals surface area contributed by atoms with E-state index in [1.165, 1.54) is 0 Å². The van der Waals surface area contributed by atoms with Crippen LogP contribution in [0.25, 0.3) is 0 Å². The number of Topliss-reactive ketones (excluding diaryl/α,β-unsaturated/α-hetero) is 1. The highest BCUT2D eigenvalue weighted by Crippen LogP contribution is 2.27. The molecule has 1 aliphatic rings. The molecule has 0 fully saturated rings. The Morgan fingerprint density at radius 1 is 0.950 bits per heavy atom. The summed E-state index contributed by atoms with van der Waals surface area (Å²) >= 11 is 0. The van der Waals surface area contributed by atoms with Crippen molar-refractivity contribution in [1.29, 1.82) is 0 Å². The fourth-order valence-corrected chi connectivity index (χ4v) is 2.26. The molecule has 4 heteroatoms. The number of ketones is 1. The molecule has 100 valence electrons. The molecule has 0 aromatic heterocycles. The highest BCUT2D eigenvalue weighted by Gasteiger charge is 2.27. The molecule has 0 aliphatic carbocycles. The van der Waals surface area contributed by atoms with Crippen molar-refractivity contribution >= 4 is 23.1 Å². The van der Waals surface area contributed by atoms with Crippen molar-refractivity contribution in [2.75, 3.05) is 10.6 Å². The van der Waals surface area contributed by atoms with Crippen molar-refractivity contribution in [1.82, 2.24) is 0 Å². The lowest BCUT2D eigenvalue weighted by Crippen LogP contribution is -2.40. The summed E-state index contributed by atoms with van der Waals surface area (Å²) in [7, 11) is 0. The monoisotopic (exact) mass is 266 g/mol. The van der Waals surface area contributed by atoms with E-state index in [0.29, 0.717) is 5.56 Å². The molecule has 0 spiro atoms. The average Bonchev–Trinajstić information content (AvgIpc) is 2.49. The van der Waals surface area contributed by atoms with E-state index in [4.69, 9.17) is 0 Å². The minimum atomic E-state index is -0.530. The minimum Gasteiger partial charge on any atom is -0.372 e. The van der Waals surface area contributed by atoms with E-state index in [1.54, 1.807) is 12.1 Å². The summed E-state index contributed by atoms with van der Waals surface area (Å²) in [4.78, 5) is 24.1. The van der Waals surface area contributed by atoms with Crippen molar-refractivity contribution in [3.63, 3.8) is 0 Å². The number of carbonyl (C=O) groups excluding carboxylic acids is 2. The van der Waals surface area contributed by atoms with Gasteiger partial charge in [-0.2, -0.15) is 0 Å². The zero-order chi connectivity index (χ0) is 13.9. The third kappa shape index (κ3) is 2.40. The van der Waals surface area contributed by atoms with E-state index in [1.807, 2.05) is 42.5 Å². The summed E-state index contributed by atoms with van der Waals surface area (Å²) < 4.78 is 0. The molecule has 20 heavy (non-hydrogen) atoms. The van der Waals surface area contributed by atoms with Crippen LogP contribution >= 0.6 is 0 Å². The zero-order valence-electron chi connectivity index (χ0n) is 10.8. The van der Waals surface area contributed by atoms with Crippen LogP contribution in [0.1, 0.15) is 16.8 Å². The first-order chi connectivity index (χ1) is 9.74. The van der Waals surface area contributed by atoms with Crippen LogP contribution in [0.5, 0.6) is 0 Å². The Morgan fingerprint density at radius 3 is 2.35 bits per heavy atom. The maximum atomic E-state index is 12.2. The van der Waals surface area contributed by atoms with Crippen LogP contribution in [-0.2, 0) is 4.79 Å². The highest BCUT2D eigenvalue weighted by atomic mass is 16.2. The lowest BCUT2D eigenvalue weighted by Gasteiger charge is -2.26. The second-order valence-corrected chi connectivity index (χ2v) is 4.73. The average molecular weight is 266 g/mol. The molecule has 2 N–H and O–H groups in total. The first kappa shape index (κ1) is 12.4. The van der Waals surface area contributed by atoms with Crippen molar-refractivity contribution < 1.29 is 9.59 Å². The van der Waals surface area contributed by atoms with Gasteiger partial charge in [-0.1, -0.05) is 42.5 Å². The summed E-state index contributed by atoms with van der Waals surface area (Å²) in [6.45, 7) is 0. The molecule has 4 nitrogen and oxygen atoms in total. The summed E-state index contributed by atoms with van der Waals surface area (Å²) in [5.74, 6) is -0.217. The topological polar surface area (TPSA) is 58.2 Å². The van der Waals surface area contributed by atoms with Crippen LogP contribution in [0.3, 0.4) is 0 Å². The molecule has 1 aliphatic heterocycles. The van der Waals surface area contributed by atoms with Crippen LogP contribution in [0.2, 0.25) is 0 Å². The molecule has 1 amide bonds. The number of fused-ring (bicyclic) bond motifs is 1. The second kappa shape index (κ2) is 5.17. The van der Waals surface area contributed by atoms with Gasteiger partial charge in [0.25, 0.3) is 0 Å². The Hall–Kier alpha value is -2.62. The van der Waals surface area contributed by atoms with Gasteiger partial charge in [0, 0.05) is 12.0 Å². The van der Waals surface area contributed by atoms with Crippen molar-refractivity contribution in [3.05, 3.63) is 60.2 Å². The van der Waals surface area contributed by atoms with E-state index in [0.717, 1.165) is 11.4 Å². The number of benzene rings is 2. The van der Waals surface area contributed by atoms with Gasteiger partial charge in [-0.3, -0.25) is 9.59 Å². The first-order valence-corrected chi connectivity index (χ1v) is 6.49. The highest BCUT2D eigenvalue weighted by molar-refractivity contribution is 6.07. The first-order valence-electron chi connectivity index (χ1n) is 6.49. The van der Waals surface area contributed by atoms with Gasteiger partial charge in [0.05, 0.1) is 11.4 Å². The number of carbonyl (C=O) groups is 2. The predicted octanol–water partition coefficient (Wildman–Crippen LogP) is 2.69. The van der Waals surface area contributed by atoms with Crippen LogP contribution in [0.4, 0.5) is 11.4 Å². The number of nitrogens with one attached hydrogen (secondary N) is 2. The fraction of sp³-hybridized carbons (Fsp3) is 0.125. The molecule has 1 atom stereocenters. The van der Waals surface area contributed by atoms with E-state index < -0.39 is 6.04 Å². The Balaban J connectivity index is 1.76. The summed E-state index contributed by atoms with van der Waals surface area (Å²) in [5, 5.41) is 5.93. The Bertz CT molecular complexity index is 653. The number of hydrogen-bond acceptors (Lipinski definition) is 3. The molecule has 0 radical (unpaired) electrons. The van der Waals surface area contributed by atoms with Crippen LogP contribution in [-0.4, -0.2) is 17.7 Å². The van der Waals surface area contributed by atoms with Gasteiger partial charge >= 0.3 is 0 Å². The molecule has 0 saturated carbocycles. The summed E-state index contributed by atoms with van der Waals surface area (Å²) in [6, 6.07) is 15.9. The maximum Gasteiger partial charge on any atom is 0.247 e. The Morgan fingerprint density at radius 2 is 1.60 bits per heavy atom. The lowest BCUT2D eigenvalue weighted by atomic mass is 10.0. The fourth-order valence-electron chi connectivity index (χ4n) is 2.26. The number of rotatable bonds is 3. The lowest BCUT2D eigenvalue weighted by molar-refractivity contribution is -0.117. The van der Waals surface area contributed by atoms with Gasteiger partial charge in [-0.15, -0.1) is 0 Å². The van der Waals surface area contributed by atoms with Gasteiger partial charge in [0.15, 0.2) is 5.78 Å². The predicted molar refractivity (Wildman–Crippen MR) is 77.9 cm³/mol. The molecule has 0 unspecified atom stereocenters. The van der Waals surface area contributed by atoms with Crippen LogP contribution < -0.4 is 10.6 Å². The second-order valence-electron chi connectivity index (χ2n) is 4.73. The molecule has 2 aromatic rings. The minimum absolute atomic E-state index is 0.0439. The molecule has 2 aromatic carbocycles. The Kier molecular flexibility index (Phi) is 3.21. The molecular formula is C16H14N2O2. The molecule has 1 heterocycles. The molecular weight excluding hydrogens is 252 g/mol. The van der Waals surface area contributed by atoms with E-state index in [-0.39, 0.29) is 18.1 Å². The number of anilines is 2. The smallest absolute Gasteiger partial charge is 0.247 e. The largest absolute Gasteiger partial charge is 0.372 e. The van der Waals surface area contributed by atoms with Gasteiger partial charge < -0.3 is 10.6 Å². The van der Waals surface area contributed by atoms with E-state index in [2.05, 4.69) is 10.6 Å². The molecule has 0 bridgehead atoms. The van der Waals surface area contributed by atoms with Crippen LogP contribution in [0.15, 0.2) is 54.6 Å². The Labute approximate surface area is 116 Å². The van der Waals surface area contributed by atoms with E-state index >= 15 is 0 Å². The van der Waals surface area contributed by atoms with E-state index in [9.17, 15) is 9.59 Å². The van der Waals surface area contributed by atoms with Gasteiger partial charge in [0.2, 0.25) is 5.91 Å². The molecule has 0 saturated heterocycles. The van der Waals surface area contributed by atoms with Crippen molar-refractivity contribution in [2.24, 2.45) is 0 Å². The van der Waals surface area contributed by atoms with Gasteiger partial charge in [0.1, 0.15) is 6.04 Å². The SMILES string of the molecule is O=C(C[C@H]1Nc2ccccc2NC1=O)c1ccccc1. The van der Waals surface area contributed by atoms with Crippen molar-refractivity contribution in [2.45, 2.75) is 12.5 Å². The maximum absolute atomic E-state index is 12.2. The standard InChI is InChI=1S/C16H14N2O2/c19-15(11-6-2-1-3-7-11)10-14-16(20)18-13-9-5-4-8-12(13)17-14/h1-9,14,17H,10H2,(H,18,20)/t14-/m1/s1. The third-order valence-electron chi connectivity index (χ3n) is 3.32. The van der Waals surface area contributed by atoms with Gasteiger partial charge in [-0.25, -0.2) is 0 Å².